The molecule has 0 unspecified atom stereocenters. The second kappa shape index (κ2) is 3.52. The largest absolute Gasteiger partial charge is 0.409 e. The van der Waals surface area contributed by atoms with Crippen molar-refractivity contribution < 1.29 is 17.4 Å². The van der Waals surface area contributed by atoms with Crippen molar-refractivity contribution in [3.63, 3.8) is 0 Å². The number of carbonyl (C=O) groups excluding carboxylic acids is 1. The summed E-state index contributed by atoms with van der Waals surface area (Å²) in [6, 6.07) is 0. The van der Waals surface area contributed by atoms with Crippen LogP contribution in [0.2, 0.25) is 0 Å². The molecule has 1 saturated carbocycles. The number of carbonyl (C=O) groups is 1. The highest BCUT2D eigenvalue weighted by atomic mass is 32.2. The molecule has 0 atom stereocenters. The van der Waals surface area contributed by atoms with E-state index in [2.05, 4.69) is 4.18 Å². The average Bonchev–Trinajstić information content (AvgIpc) is 2.52. The fraction of sp³-hybridized carbons (Fsp3) is 0.667. The Balaban J connectivity index is 2.33. The highest BCUT2D eigenvalue weighted by molar-refractivity contribution is 7.85. The van der Waals surface area contributed by atoms with Gasteiger partial charge in [0.2, 0.25) is 0 Å². The van der Waals surface area contributed by atoms with E-state index in [9.17, 15) is 13.2 Å². The number of hydrogen-bond acceptors (Lipinski definition) is 4. The lowest BCUT2D eigenvalue weighted by atomic mass is 9.96. The minimum absolute atomic E-state index is 0.153. The number of nitrogens with one attached hydrogen (secondary N) is 1. The smallest absolute Gasteiger partial charge is 0.371 e. The molecule has 84 valence electrons. The molecule has 1 heterocycles. The molecule has 1 N–H and O–H groups in total. The monoisotopic (exact) mass is 231 g/mol. The predicted octanol–water partition coefficient (Wildman–Crippen LogP) is 0.842. The van der Waals surface area contributed by atoms with Crippen molar-refractivity contribution in [2.45, 2.75) is 32.6 Å². The van der Waals surface area contributed by atoms with Gasteiger partial charge in [-0.1, -0.05) is 12.8 Å². The van der Waals surface area contributed by atoms with E-state index in [0.717, 1.165) is 25.7 Å². The summed E-state index contributed by atoms with van der Waals surface area (Å²) < 4.78 is 28.6. The van der Waals surface area contributed by atoms with Crippen molar-refractivity contribution in [1.29, 1.82) is 0 Å². The first-order valence-corrected chi connectivity index (χ1v) is 6.38. The Morgan fingerprint density at radius 2 is 1.93 bits per heavy atom. The molecule has 5 nitrogen and oxygen atoms in total. The maximum absolute atomic E-state index is 11.6. The highest BCUT2D eigenvalue weighted by Gasteiger charge is 2.34. The third-order valence-corrected chi connectivity index (χ3v) is 3.74. The van der Waals surface area contributed by atoms with Gasteiger partial charge in [-0.2, -0.15) is 8.42 Å². The van der Waals surface area contributed by atoms with E-state index in [1.165, 1.54) is 6.92 Å². The highest BCUT2D eigenvalue weighted by Crippen LogP contribution is 2.34. The van der Waals surface area contributed by atoms with Crippen LogP contribution in [0.1, 0.15) is 32.6 Å². The molecule has 0 saturated heterocycles. The van der Waals surface area contributed by atoms with Crippen LogP contribution >= 0.6 is 0 Å². The lowest BCUT2D eigenvalue weighted by Crippen LogP contribution is -2.39. The predicted molar refractivity (Wildman–Crippen MR) is 52.8 cm³/mol. The standard InChI is InChI=1S/C9H13NO4S/c1-6-8(7-4-2-3-5-7)9(11)10-15(12,13)14-6/h7H,2-5H2,1H3,(H,10,11). The van der Waals surface area contributed by atoms with Gasteiger partial charge in [0.1, 0.15) is 5.76 Å². The Hall–Kier alpha value is -1.04. The molecule has 2 aliphatic rings. The van der Waals surface area contributed by atoms with Crippen LogP contribution in [0.4, 0.5) is 0 Å². The van der Waals surface area contributed by atoms with E-state index < -0.39 is 16.2 Å². The molecule has 0 aromatic heterocycles. The maximum Gasteiger partial charge on any atom is 0.409 e. The minimum atomic E-state index is -3.90. The van der Waals surface area contributed by atoms with Gasteiger partial charge in [0, 0.05) is 0 Å². The Morgan fingerprint density at radius 1 is 1.33 bits per heavy atom. The SMILES string of the molecule is CC1=C(C2CCCC2)C(=O)NS(=O)(=O)O1. The van der Waals surface area contributed by atoms with Crippen LogP contribution in [0, 0.1) is 5.92 Å². The number of rotatable bonds is 1. The molecule has 2 rings (SSSR count). The number of amides is 1. The molecule has 0 spiro atoms. The molecule has 15 heavy (non-hydrogen) atoms. The third-order valence-electron chi connectivity index (χ3n) is 2.84. The van der Waals surface area contributed by atoms with Gasteiger partial charge in [0.15, 0.2) is 0 Å². The second-order valence-electron chi connectivity index (χ2n) is 3.92. The van der Waals surface area contributed by atoms with E-state index in [1.807, 2.05) is 4.72 Å². The molecule has 1 fully saturated rings. The van der Waals surface area contributed by atoms with Crippen LogP contribution in [0.5, 0.6) is 0 Å². The zero-order chi connectivity index (χ0) is 11.1. The zero-order valence-electron chi connectivity index (χ0n) is 8.45. The van der Waals surface area contributed by atoms with Crippen molar-refractivity contribution >= 4 is 16.2 Å². The molecule has 0 bridgehead atoms. The van der Waals surface area contributed by atoms with E-state index >= 15 is 0 Å². The van der Waals surface area contributed by atoms with Gasteiger partial charge in [0.05, 0.1) is 5.57 Å². The first-order chi connectivity index (χ1) is 6.99. The summed E-state index contributed by atoms with van der Waals surface area (Å²) in [4.78, 5) is 11.6. The summed E-state index contributed by atoms with van der Waals surface area (Å²) in [6.45, 7) is 1.53. The fourth-order valence-corrected chi connectivity index (χ4v) is 3.04. The quantitative estimate of drug-likeness (QED) is 0.726. The van der Waals surface area contributed by atoms with Crippen molar-refractivity contribution in [1.82, 2.24) is 4.72 Å². The van der Waals surface area contributed by atoms with Gasteiger partial charge in [-0.05, 0) is 25.7 Å². The Labute approximate surface area is 88.8 Å². The minimum Gasteiger partial charge on any atom is -0.371 e. The second-order valence-corrected chi connectivity index (χ2v) is 5.20. The topological polar surface area (TPSA) is 72.5 Å². The van der Waals surface area contributed by atoms with Gasteiger partial charge in [0.25, 0.3) is 5.91 Å². The summed E-state index contributed by atoms with van der Waals surface area (Å²) in [7, 11) is -3.90. The summed E-state index contributed by atoms with van der Waals surface area (Å²) >= 11 is 0. The molecular formula is C9H13NO4S. The Kier molecular flexibility index (Phi) is 2.46. The van der Waals surface area contributed by atoms with Crippen LogP contribution in [0.3, 0.4) is 0 Å². The van der Waals surface area contributed by atoms with Crippen LogP contribution in [-0.4, -0.2) is 14.3 Å². The van der Waals surface area contributed by atoms with E-state index in [4.69, 9.17) is 0 Å². The molecule has 1 amide bonds. The average molecular weight is 231 g/mol. The number of hydrogen-bond donors (Lipinski definition) is 1. The normalized spacial score (nSPS) is 26.3. The lowest BCUT2D eigenvalue weighted by molar-refractivity contribution is -0.117. The number of allylic oxidation sites excluding steroid dienone is 1. The lowest BCUT2D eigenvalue weighted by Gasteiger charge is -2.22. The molecule has 1 aliphatic heterocycles. The Morgan fingerprint density at radius 3 is 2.47 bits per heavy atom. The van der Waals surface area contributed by atoms with Gasteiger partial charge < -0.3 is 4.18 Å². The van der Waals surface area contributed by atoms with Crippen molar-refractivity contribution in [3.05, 3.63) is 11.3 Å². The molecule has 0 radical (unpaired) electrons. The summed E-state index contributed by atoms with van der Waals surface area (Å²) in [5.41, 5.74) is 0.502. The van der Waals surface area contributed by atoms with Gasteiger partial charge in [-0.3, -0.25) is 4.79 Å². The van der Waals surface area contributed by atoms with Crippen LogP contribution in [0.15, 0.2) is 11.3 Å². The van der Waals surface area contributed by atoms with Crippen LogP contribution in [-0.2, 0) is 19.3 Å². The van der Waals surface area contributed by atoms with Crippen molar-refractivity contribution in [2.24, 2.45) is 5.92 Å². The fourth-order valence-electron chi connectivity index (χ4n) is 2.25. The van der Waals surface area contributed by atoms with Crippen molar-refractivity contribution in [3.8, 4) is 0 Å². The third kappa shape index (κ3) is 1.99. The van der Waals surface area contributed by atoms with E-state index in [1.54, 1.807) is 0 Å². The summed E-state index contributed by atoms with van der Waals surface area (Å²) in [5, 5.41) is 0. The molecule has 1 aliphatic carbocycles. The van der Waals surface area contributed by atoms with Crippen LogP contribution in [0.25, 0.3) is 0 Å². The van der Waals surface area contributed by atoms with Gasteiger partial charge >= 0.3 is 10.3 Å². The summed E-state index contributed by atoms with van der Waals surface area (Å²) in [5.74, 6) is -0.142. The molecule has 0 aromatic carbocycles. The van der Waals surface area contributed by atoms with Gasteiger partial charge in [-0.15, -0.1) is 0 Å². The van der Waals surface area contributed by atoms with Crippen molar-refractivity contribution in [2.75, 3.05) is 0 Å². The first kappa shape index (κ1) is 10.5. The first-order valence-electron chi connectivity index (χ1n) is 4.97. The molecule has 6 heteroatoms. The van der Waals surface area contributed by atoms with Crippen LogP contribution < -0.4 is 4.72 Å². The Bertz CT molecular complexity index is 417. The molecular weight excluding hydrogens is 218 g/mol. The summed E-state index contributed by atoms with van der Waals surface area (Å²) in [6.07, 6.45) is 4.04. The van der Waals surface area contributed by atoms with Gasteiger partial charge in [-0.25, -0.2) is 4.72 Å². The molecule has 0 aromatic rings. The van der Waals surface area contributed by atoms with E-state index in [0.29, 0.717) is 5.57 Å². The zero-order valence-corrected chi connectivity index (χ0v) is 9.26. The van der Waals surface area contributed by atoms with E-state index in [-0.39, 0.29) is 11.7 Å². The maximum atomic E-state index is 11.6.